The van der Waals surface area contributed by atoms with Gasteiger partial charge in [-0.2, -0.15) is 8.78 Å². The van der Waals surface area contributed by atoms with Gasteiger partial charge in [0.15, 0.2) is 0 Å². The van der Waals surface area contributed by atoms with Gasteiger partial charge in [-0.25, -0.2) is 0 Å². The number of benzene rings is 1. The van der Waals surface area contributed by atoms with Crippen LogP contribution in [0.5, 0.6) is 5.75 Å². The van der Waals surface area contributed by atoms with Gasteiger partial charge in [0.25, 0.3) is 0 Å². The van der Waals surface area contributed by atoms with Crippen LogP contribution >= 0.6 is 0 Å². The normalized spacial score (nSPS) is 20.8. The van der Waals surface area contributed by atoms with Crippen molar-refractivity contribution in [3.05, 3.63) is 23.8 Å². The molecule has 3 rings (SSSR count). The minimum absolute atomic E-state index is 0.0765. The van der Waals surface area contributed by atoms with Gasteiger partial charge in [0.2, 0.25) is 5.91 Å². The molecule has 1 atom stereocenters. The molecule has 132 valence electrons. The zero-order valence-corrected chi connectivity index (χ0v) is 13.7. The number of nitrogens with zero attached hydrogens (tertiary/aromatic N) is 1. The van der Waals surface area contributed by atoms with Gasteiger partial charge in [-0.15, -0.1) is 0 Å². The molecule has 2 aliphatic rings. The Morgan fingerprint density at radius 1 is 1.33 bits per heavy atom. The Balaban J connectivity index is 1.63. The number of anilines is 1. The first kappa shape index (κ1) is 17.1. The fourth-order valence-electron chi connectivity index (χ4n) is 3.46. The van der Waals surface area contributed by atoms with Gasteiger partial charge < -0.3 is 14.4 Å². The molecule has 0 spiro atoms. The van der Waals surface area contributed by atoms with E-state index in [0.717, 1.165) is 56.4 Å². The van der Waals surface area contributed by atoms with E-state index < -0.39 is 6.61 Å². The van der Waals surface area contributed by atoms with Gasteiger partial charge in [0, 0.05) is 25.3 Å². The summed E-state index contributed by atoms with van der Waals surface area (Å²) in [6.07, 6.45) is 6.29. The van der Waals surface area contributed by atoms with Crippen LogP contribution in [-0.2, 0) is 16.0 Å². The Morgan fingerprint density at radius 2 is 2.21 bits per heavy atom. The zero-order valence-electron chi connectivity index (χ0n) is 13.7. The van der Waals surface area contributed by atoms with E-state index in [1.54, 1.807) is 17.0 Å². The highest BCUT2D eigenvalue weighted by atomic mass is 19.3. The number of halogens is 2. The summed E-state index contributed by atoms with van der Waals surface area (Å²) in [5, 5.41) is 0. The van der Waals surface area contributed by atoms with Gasteiger partial charge in [-0.1, -0.05) is 0 Å². The number of carbonyl (C=O) groups excluding carboxylic acids is 1. The maximum atomic E-state index is 12.6. The maximum absolute atomic E-state index is 12.6. The molecule has 6 heteroatoms. The maximum Gasteiger partial charge on any atom is 0.387 e. The molecule has 4 nitrogen and oxygen atoms in total. The number of rotatable bonds is 5. The predicted octanol–water partition coefficient (Wildman–Crippen LogP) is 3.92. The summed E-state index contributed by atoms with van der Waals surface area (Å²) in [6, 6.07) is 4.83. The molecule has 0 radical (unpaired) electrons. The van der Waals surface area contributed by atoms with E-state index in [-0.39, 0.29) is 17.8 Å². The smallest absolute Gasteiger partial charge is 0.387 e. The molecule has 1 fully saturated rings. The van der Waals surface area contributed by atoms with E-state index in [2.05, 4.69) is 4.74 Å². The van der Waals surface area contributed by atoms with E-state index in [1.807, 2.05) is 0 Å². The van der Waals surface area contributed by atoms with Crippen LogP contribution in [0.1, 0.15) is 44.1 Å². The number of hydrogen-bond acceptors (Lipinski definition) is 3. The van der Waals surface area contributed by atoms with Gasteiger partial charge in [0.05, 0.1) is 6.10 Å². The largest absolute Gasteiger partial charge is 0.435 e. The molecular formula is C18H23F2NO3. The lowest BCUT2D eigenvalue weighted by Gasteiger charge is -2.30. The molecular weight excluding hydrogens is 316 g/mol. The van der Waals surface area contributed by atoms with Crippen molar-refractivity contribution >= 4 is 11.6 Å². The van der Waals surface area contributed by atoms with Gasteiger partial charge in [-0.05, 0) is 62.3 Å². The molecule has 0 aliphatic carbocycles. The van der Waals surface area contributed by atoms with E-state index in [0.29, 0.717) is 13.0 Å². The standard InChI is InChI=1S/C18H23F2NO3/c19-18(20)24-15-6-8-16-13(12-15)4-3-10-21(16)17(22)9-7-14-5-1-2-11-23-14/h6,8,12,14,18H,1-5,7,9-11H2. The summed E-state index contributed by atoms with van der Waals surface area (Å²) < 4.78 is 34.8. The third-order valence-corrected chi connectivity index (χ3v) is 4.65. The first-order valence-electron chi connectivity index (χ1n) is 8.63. The van der Waals surface area contributed by atoms with Crippen molar-refractivity contribution in [1.29, 1.82) is 0 Å². The number of alkyl halides is 2. The van der Waals surface area contributed by atoms with Crippen LogP contribution in [0.2, 0.25) is 0 Å². The third kappa shape index (κ3) is 4.23. The zero-order chi connectivity index (χ0) is 16.9. The summed E-state index contributed by atoms with van der Waals surface area (Å²) in [7, 11) is 0. The van der Waals surface area contributed by atoms with Crippen molar-refractivity contribution in [2.24, 2.45) is 0 Å². The second-order valence-electron chi connectivity index (χ2n) is 6.35. The Bertz CT molecular complexity index is 573. The SMILES string of the molecule is O=C(CCC1CCCCO1)N1CCCc2cc(OC(F)F)ccc21. The minimum Gasteiger partial charge on any atom is -0.435 e. The lowest BCUT2D eigenvalue weighted by molar-refractivity contribution is -0.119. The van der Waals surface area contributed by atoms with E-state index in [9.17, 15) is 13.6 Å². The van der Waals surface area contributed by atoms with Crippen LogP contribution < -0.4 is 9.64 Å². The Hall–Kier alpha value is -1.69. The number of ether oxygens (including phenoxy) is 2. The molecule has 2 heterocycles. The second-order valence-corrected chi connectivity index (χ2v) is 6.35. The number of fused-ring (bicyclic) bond motifs is 1. The Kier molecular flexibility index (Phi) is 5.66. The molecule has 2 aliphatic heterocycles. The number of carbonyl (C=O) groups is 1. The summed E-state index contributed by atoms with van der Waals surface area (Å²) in [5.74, 6) is 0.223. The fraction of sp³-hybridized carbons (Fsp3) is 0.611. The predicted molar refractivity (Wildman–Crippen MR) is 86.6 cm³/mol. The van der Waals surface area contributed by atoms with Crippen LogP contribution in [0.4, 0.5) is 14.5 Å². The van der Waals surface area contributed by atoms with Crippen molar-refractivity contribution in [3.8, 4) is 5.75 Å². The molecule has 24 heavy (non-hydrogen) atoms. The third-order valence-electron chi connectivity index (χ3n) is 4.65. The van der Waals surface area contributed by atoms with Gasteiger partial charge in [0.1, 0.15) is 5.75 Å². The van der Waals surface area contributed by atoms with Crippen molar-refractivity contribution in [1.82, 2.24) is 0 Å². The molecule has 0 saturated carbocycles. The first-order valence-corrected chi connectivity index (χ1v) is 8.63. The van der Waals surface area contributed by atoms with E-state index in [4.69, 9.17) is 4.74 Å². The lowest BCUT2D eigenvalue weighted by atomic mass is 10.00. The molecule has 1 aromatic rings. The lowest BCUT2D eigenvalue weighted by Crippen LogP contribution is -2.36. The Labute approximate surface area is 140 Å². The van der Waals surface area contributed by atoms with Crippen molar-refractivity contribution < 1.29 is 23.0 Å². The molecule has 0 aromatic heterocycles. The summed E-state index contributed by atoms with van der Waals surface area (Å²) in [4.78, 5) is 14.4. The molecule has 1 saturated heterocycles. The average Bonchev–Trinajstić information content (AvgIpc) is 2.59. The molecule has 0 bridgehead atoms. The van der Waals surface area contributed by atoms with E-state index in [1.165, 1.54) is 6.07 Å². The highest BCUT2D eigenvalue weighted by Crippen LogP contribution is 2.32. The summed E-state index contributed by atoms with van der Waals surface area (Å²) in [6.45, 7) is -1.37. The van der Waals surface area contributed by atoms with Crippen LogP contribution in [0.3, 0.4) is 0 Å². The van der Waals surface area contributed by atoms with Gasteiger partial charge >= 0.3 is 6.61 Å². The fourth-order valence-corrected chi connectivity index (χ4v) is 3.46. The van der Waals surface area contributed by atoms with Crippen LogP contribution in [0.25, 0.3) is 0 Å². The van der Waals surface area contributed by atoms with Crippen LogP contribution in [0.15, 0.2) is 18.2 Å². The topological polar surface area (TPSA) is 38.8 Å². The monoisotopic (exact) mass is 339 g/mol. The second kappa shape index (κ2) is 7.92. The van der Waals surface area contributed by atoms with Gasteiger partial charge in [-0.3, -0.25) is 4.79 Å². The molecule has 0 N–H and O–H groups in total. The van der Waals surface area contributed by atoms with Crippen molar-refractivity contribution in [2.45, 2.75) is 57.7 Å². The molecule has 1 unspecified atom stereocenters. The quantitative estimate of drug-likeness (QED) is 0.816. The summed E-state index contributed by atoms with van der Waals surface area (Å²) >= 11 is 0. The first-order chi connectivity index (χ1) is 11.6. The Morgan fingerprint density at radius 3 is 2.96 bits per heavy atom. The van der Waals surface area contributed by atoms with Crippen molar-refractivity contribution in [3.63, 3.8) is 0 Å². The van der Waals surface area contributed by atoms with Crippen LogP contribution in [0, 0.1) is 0 Å². The number of hydrogen-bond donors (Lipinski definition) is 0. The molecule has 1 amide bonds. The van der Waals surface area contributed by atoms with Crippen LogP contribution in [-0.4, -0.2) is 31.8 Å². The average molecular weight is 339 g/mol. The number of amides is 1. The van der Waals surface area contributed by atoms with E-state index >= 15 is 0 Å². The minimum atomic E-state index is -2.83. The highest BCUT2D eigenvalue weighted by molar-refractivity contribution is 5.94. The summed E-state index contributed by atoms with van der Waals surface area (Å²) in [5.41, 5.74) is 1.71. The van der Waals surface area contributed by atoms with Crippen molar-refractivity contribution in [2.75, 3.05) is 18.1 Å². The number of aryl methyl sites for hydroxylation is 1. The highest BCUT2D eigenvalue weighted by Gasteiger charge is 2.24. The molecule has 1 aromatic carbocycles.